The van der Waals surface area contributed by atoms with Crippen LogP contribution in [-0.2, 0) is 43.3 Å². The van der Waals surface area contributed by atoms with E-state index in [0.29, 0.717) is 0 Å². The molecule has 0 saturated heterocycles. The van der Waals surface area contributed by atoms with Gasteiger partial charge in [-0.1, -0.05) is 178 Å². The Morgan fingerprint density at radius 1 is 0.400 bits per heavy atom. The first-order valence-electron chi connectivity index (χ1n) is 26.9. The fraction of sp³-hybridized carbons (Fsp3) is 0.463. The van der Waals surface area contributed by atoms with Crippen LogP contribution in [0.4, 0.5) is 34.1 Å². The molecule has 0 unspecified atom stereocenters. The van der Waals surface area contributed by atoms with Crippen LogP contribution in [0, 0.1) is 6.92 Å². The first kappa shape index (κ1) is 47.3. The van der Waals surface area contributed by atoms with E-state index in [1.165, 1.54) is 132 Å². The molecule has 0 bridgehead atoms. The van der Waals surface area contributed by atoms with Gasteiger partial charge in [-0.05, 0) is 191 Å². The standard InChI is InChI=1S/C67H81BN2/c1-41-32-47-50(64(11,12)31-30-62(47,7)8)38-54(41)70-55-33-43(67(17,18)42-22-20-19-21-23-42)24-27-52(55)68-53-37-49-51(66(15,16)40-65(49,13)14)39-56(53)69(57-34-44(60(2,3)4)35-58(70)59(57)68)45-25-26-46-48(36-45)63(9,10)29-28-61(46,5)6/h19-27,32-39H,28-31,40H2,1-18H3. The quantitative estimate of drug-likeness (QED) is 0.162. The molecule has 0 fully saturated rings. The maximum atomic E-state index is 2.75. The van der Waals surface area contributed by atoms with Gasteiger partial charge in [-0.2, -0.15) is 0 Å². The third-order valence-corrected chi connectivity index (χ3v) is 19.1. The predicted octanol–water partition coefficient (Wildman–Crippen LogP) is 16.4. The summed E-state index contributed by atoms with van der Waals surface area (Å²) < 4.78 is 0. The van der Waals surface area contributed by atoms with Gasteiger partial charge >= 0.3 is 0 Å². The molecule has 0 spiro atoms. The molecule has 2 nitrogen and oxygen atoms in total. The Kier molecular flexibility index (Phi) is 10.0. The zero-order chi connectivity index (χ0) is 50.3. The van der Waals surface area contributed by atoms with Crippen LogP contribution in [0.25, 0.3) is 0 Å². The molecule has 2 aliphatic heterocycles. The summed E-state index contributed by atoms with van der Waals surface area (Å²) in [5.74, 6) is 0. The maximum Gasteiger partial charge on any atom is 0.252 e. The largest absolute Gasteiger partial charge is 0.311 e. The van der Waals surface area contributed by atoms with Crippen LogP contribution in [0.2, 0.25) is 0 Å². The molecular formula is C67H81BN2. The number of anilines is 6. The summed E-state index contributed by atoms with van der Waals surface area (Å²) in [6.45, 7) is 44.2. The second-order valence-corrected chi connectivity index (χ2v) is 28.4. The van der Waals surface area contributed by atoms with Crippen LogP contribution in [0.3, 0.4) is 0 Å². The third-order valence-electron chi connectivity index (χ3n) is 19.1. The van der Waals surface area contributed by atoms with Crippen molar-refractivity contribution in [1.29, 1.82) is 0 Å². The van der Waals surface area contributed by atoms with E-state index in [2.05, 4.69) is 238 Å². The molecule has 3 heteroatoms. The highest BCUT2D eigenvalue weighted by Gasteiger charge is 2.50. The second-order valence-electron chi connectivity index (χ2n) is 28.4. The van der Waals surface area contributed by atoms with Crippen molar-refractivity contribution in [2.24, 2.45) is 0 Å². The maximum absolute atomic E-state index is 2.75. The van der Waals surface area contributed by atoms with Crippen molar-refractivity contribution in [1.82, 2.24) is 0 Å². The molecule has 0 radical (unpaired) electrons. The summed E-state index contributed by atoms with van der Waals surface area (Å²) in [5.41, 5.74) is 26.7. The van der Waals surface area contributed by atoms with Crippen molar-refractivity contribution in [3.05, 3.63) is 159 Å². The van der Waals surface area contributed by atoms with Crippen LogP contribution >= 0.6 is 0 Å². The van der Waals surface area contributed by atoms with Crippen molar-refractivity contribution in [3.63, 3.8) is 0 Å². The molecule has 0 saturated carbocycles. The van der Waals surface area contributed by atoms with E-state index in [1.54, 1.807) is 0 Å². The highest BCUT2D eigenvalue weighted by atomic mass is 15.2. The fourth-order valence-corrected chi connectivity index (χ4v) is 14.5. The molecule has 3 aliphatic carbocycles. The molecule has 0 atom stereocenters. The van der Waals surface area contributed by atoms with Gasteiger partial charge in [0.1, 0.15) is 0 Å². The highest BCUT2D eigenvalue weighted by molar-refractivity contribution is 7.00. The van der Waals surface area contributed by atoms with E-state index >= 15 is 0 Å². The smallest absolute Gasteiger partial charge is 0.252 e. The molecular weight excluding hydrogens is 844 g/mol. The van der Waals surface area contributed by atoms with E-state index in [1.807, 2.05) is 0 Å². The van der Waals surface area contributed by atoms with Crippen LogP contribution in [-0.4, -0.2) is 6.71 Å². The van der Waals surface area contributed by atoms with Gasteiger partial charge in [0, 0.05) is 39.5 Å². The van der Waals surface area contributed by atoms with E-state index in [9.17, 15) is 0 Å². The zero-order valence-electron chi connectivity index (χ0n) is 46.3. The molecule has 5 aliphatic rings. The number of aryl methyl sites for hydroxylation is 1. The van der Waals surface area contributed by atoms with Crippen molar-refractivity contribution in [2.45, 2.75) is 200 Å². The Bertz CT molecular complexity index is 3160. The number of hydrogen-bond donors (Lipinski definition) is 0. The summed E-state index contributed by atoms with van der Waals surface area (Å²) in [4.78, 5) is 5.49. The van der Waals surface area contributed by atoms with Crippen LogP contribution in [0.1, 0.15) is 205 Å². The van der Waals surface area contributed by atoms with Crippen molar-refractivity contribution < 1.29 is 0 Å². The van der Waals surface area contributed by atoms with Crippen molar-refractivity contribution in [3.8, 4) is 0 Å². The van der Waals surface area contributed by atoms with Gasteiger partial charge in [-0.3, -0.25) is 0 Å². The lowest BCUT2D eigenvalue weighted by Crippen LogP contribution is -2.62. The first-order valence-corrected chi connectivity index (χ1v) is 26.9. The minimum absolute atomic E-state index is 0.0385. The SMILES string of the molecule is Cc1cc2c(cc1N1c3cc(C(C)(C)c4ccccc4)ccc3B3c4cc5c(cc4N(c4ccc6c(c4)C(C)(C)CCC6(C)C)c4cc(C(C)(C)C)cc1c43)C(C)(C)CC5(C)C)C(C)(C)CCC2(C)C. The Hall–Kier alpha value is -5.02. The molecule has 6 aromatic rings. The predicted molar refractivity (Wildman–Crippen MR) is 304 cm³/mol. The molecule has 0 N–H and O–H groups in total. The Balaban J connectivity index is 1.28. The van der Waals surface area contributed by atoms with E-state index in [4.69, 9.17) is 0 Å². The summed E-state index contributed by atoms with van der Waals surface area (Å²) in [7, 11) is 0. The number of fused-ring (bicyclic) bond motifs is 7. The average molecular weight is 925 g/mol. The Morgan fingerprint density at radius 3 is 1.49 bits per heavy atom. The van der Waals surface area contributed by atoms with E-state index < -0.39 is 0 Å². The van der Waals surface area contributed by atoms with E-state index in [0.717, 1.165) is 6.42 Å². The lowest BCUT2D eigenvalue weighted by Gasteiger charge is -2.47. The van der Waals surface area contributed by atoms with Gasteiger partial charge in [-0.25, -0.2) is 0 Å². The van der Waals surface area contributed by atoms with Crippen LogP contribution in [0.5, 0.6) is 0 Å². The van der Waals surface area contributed by atoms with Gasteiger partial charge in [0.05, 0.1) is 0 Å². The molecule has 11 rings (SSSR count). The van der Waals surface area contributed by atoms with E-state index in [-0.39, 0.29) is 50.0 Å². The number of nitrogens with zero attached hydrogens (tertiary/aromatic N) is 2. The molecule has 362 valence electrons. The minimum Gasteiger partial charge on any atom is -0.311 e. The minimum atomic E-state index is -0.218. The topological polar surface area (TPSA) is 6.48 Å². The first-order chi connectivity index (χ1) is 32.4. The van der Waals surface area contributed by atoms with Crippen LogP contribution in [0.15, 0.2) is 103 Å². The summed E-state index contributed by atoms with van der Waals surface area (Å²) in [6, 6.07) is 42.2. The fourth-order valence-electron chi connectivity index (χ4n) is 14.5. The van der Waals surface area contributed by atoms with Crippen LogP contribution < -0.4 is 26.2 Å². The van der Waals surface area contributed by atoms with Gasteiger partial charge in [-0.15, -0.1) is 0 Å². The Morgan fingerprint density at radius 2 is 0.886 bits per heavy atom. The molecule has 2 heterocycles. The third kappa shape index (κ3) is 6.92. The molecule has 70 heavy (non-hydrogen) atoms. The lowest BCUT2D eigenvalue weighted by atomic mass is 9.33. The molecule has 0 aromatic heterocycles. The summed E-state index contributed by atoms with van der Waals surface area (Å²) in [5, 5.41) is 0. The molecule has 0 amide bonds. The van der Waals surface area contributed by atoms with Crippen molar-refractivity contribution >= 4 is 57.2 Å². The van der Waals surface area contributed by atoms with Crippen molar-refractivity contribution in [2.75, 3.05) is 9.80 Å². The van der Waals surface area contributed by atoms with Gasteiger partial charge < -0.3 is 9.80 Å². The highest BCUT2D eigenvalue weighted by Crippen LogP contribution is 2.56. The Labute approximate surface area is 423 Å². The number of benzene rings is 6. The summed E-state index contributed by atoms with van der Waals surface area (Å²) in [6.07, 6.45) is 5.89. The monoisotopic (exact) mass is 925 g/mol. The van der Waals surface area contributed by atoms with Gasteiger partial charge in [0.15, 0.2) is 0 Å². The second kappa shape index (κ2) is 14.8. The summed E-state index contributed by atoms with van der Waals surface area (Å²) >= 11 is 0. The normalized spacial score (nSPS) is 20.5. The zero-order valence-corrected chi connectivity index (χ0v) is 46.3. The lowest BCUT2D eigenvalue weighted by molar-refractivity contribution is 0.332. The average Bonchev–Trinajstić information content (AvgIpc) is 3.47. The number of hydrogen-bond acceptors (Lipinski definition) is 2. The number of rotatable bonds is 4. The van der Waals surface area contributed by atoms with Gasteiger partial charge in [0.25, 0.3) is 6.71 Å². The van der Waals surface area contributed by atoms with Gasteiger partial charge in [0.2, 0.25) is 0 Å². The molecule has 6 aromatic carbocycles.